The van der Waals surface area contributed by atoms with E-state index in [4.69, 9.17) is 24.7 Å². The zero-order valence-corrected chi connectivity index (χ0v) is 18.9. The molecule has 1 saturated carbocycles. The molecule has 1 aromatic carbocycles. The van der Waals surface area contributed by atoms with Crippen LogP contribution in [0.3, 0.4) is 0 Å². The fraction of sp³-hybridized carbons (Fsp3) is 0.375. The molecule has 1 fully saturated rings. The molecule has 0 saturated heterocycles. The summed E-state index contributed by atoms with van der Waals surface area (Å²) in [5.41, 5.74) is 3.95. The van der Waals surface area contributed by atoms with Crippen LogP contribution in [0, 0.1) is 0 Å². The molecule has 2 aliphatic rings. The highest BCUT2D eigenvalue weighted by molar-refractivity contribution is 6.14. The number of ether oxygens (including phenoxy) is 2. The Kier molecular flexibility index (Phi) is 8.31. The summed E-state index contributed by atoms with van der Waals surface area (Å²) in [7, 11) is 1.64. The minimum Gasteiger partial charge on any atom is -0.493 e. The first-order valence-corrected chi connectivity index (χ1v) is 10.8. The van der Waals surface area contributed by atoms with E-state index in [0.29, 0.717) is 24.5 Å². The van der Waals surface area contributed by atoms with Gasteiger partial charge >= 0.3 is 11.9 Å². The number of carboxylic acid groups (broad SMARTS) is 2. The number of carbonyl (C=O) groups is 2. The normalized spacial score (nSPS) is 20.8. The van der Waals surface area contributed by atoms with Gasteiger partial charge in [0.15, 0.2) is 11.5 Å². The van der Waals surface area contributed by atoms with Gasteiger partial charge in [0.05, 0.1) is 31.6 Å². The minimum absolute atomic E-state index is 0.156. The van der Waals surface area contributed by atoms with E-state index in [1.54, 1.807) is 19.5 Å². The summed E-state index contributed by atoms with van der Waals surface area (Å²) in [4.78, 5) is 32.4. The summed E-state index contributed by atoms with van der Waals surface area (Å²) in [6, 6.07) is 4.21. The maximum Gasteiger partial charge on any atom is 0.328 e. The molecule has 2 heterocycles. The molecular weight excluding hydrogens is 442 g/mol. The second kappa shape index (κ2) is 11.4. The van der Waals surface area contributed by atoms with Crippen LogP contribution in [-0.4, -0.2) is 68.8 Å². The van der Waals surface area contributed by atoms with Crippen LogP contribution < -0.4 is 9.47 Å². The number of aliphatic imine (C=N–C) groups is 1. The van der Waals surface area contributed by atoms with Crippen molar-refractivity contribution in [1.29, 1.82) is 0 Å². The van der Waals surface area contributed by atoms with Crippen molar-refractivity contribution in [2.75, 3.05) is 13.7 Å². The molecule has 0 amide bonds. The summed E-state index contributed by atoms with van der Waals surface area (Å²) >= 11 is 0. The maximum absolute atomic E-state index is 10.2. The van der Waals surface area contributed by atoms with Crippen LogP contribution in [0.4, 0.5) is 0 Å². The third-order valence-corrected chi connectivity index (χ3v) is 5.57. The van der Waals surface area contributed by atoms with Gasteiger partial charge in [-0.3, -0.25) is 4.99 Å². The lowest BCUT2D eigenvalue weighted by molar-refractivity contribution is -0.134. The van der Waals surface area contributed by atoms with Crippen molar-refractivity contribution in [2.24, 2.45) is 4.99 Å². The number of aliphatic hydroxyl groups is 1. The van der Waals surface area contributed by atoms with Gasteiger partial charge in [-0.25, -0.2) is 19.6 Å². The lowest BCUT2D eigenvalue weighted by atomic mass is 9.74. The Morgan fingerprint density at radius 2 is 1.76 bits per heavy atom. The molecule has 1 aromatic heterocycles. The molecule has 10 nitrogen and oxygen atoms in total. The predicted molar refractivity (Wildman–Crippen MR) is 123 cm³/mol. The lowest BCUT2D eigenvalue weighted by Crippen LogP contribution is -2.34. The summed E-state index contributed by atoms with van der Waals surface area (Å²) in [5, 5.41) is 25.8. The molecule has 0 spiro atoms. The second-order valence-corrected chi connectivity index (χ2v) is 7.78. The van der Waals surface area contributed by atoms with Gasteiger partial charge in [0, 0.05) is 41.6 Å². The van der Waals surface area contributed by atoms with E-state index in [1.165, 1.54) is 6.33 Å². The molecule has 1 aliphatic carbocycles. The van der Waals surface area contributed by atoms with Crippen molar-refractivity contribution < 1.29 is 34.4 Å². The SMILES string of the molecule is CCOc1cc2c(cc1OC)C(c1cncnc1)=N[C@@H]1CC[C@@H](O)C[C@H]21.O=C(O)/C=C\C(=O)O. The number of rotatable bonds is 6. The number of aliphatic carboxylic acids is 2. The largest absolute Gasteiger partial charge is 0.493 e. The zero-order valence-electron chi connectivity index (χ0n) is 18.9. The summed E-state index contributed by atoms with van der Waals surface area (Å²) in [6.07, 6.45) is 8.31. The molecule has 10 heteroatoms. The van der Waals surface area contributed by atoms with E-state index in [9.17, 15) is 14.7 Å². The zero-order chi connectivity index (χ0) is 24.7. The molecule has 4 rings (SSSR count). The molecule has 3 atom stereocenters. The summed E-state index contributed by atoms with van der Waals surface area (Å²) in [6.45, 7) is 2.53. The van der Waals surface area contributed by atoms with Crippen molar-refractivity contribution in [2.45, 2.75) is 44.2 Å². The van der Waals surface area contributed by atoms with Crippen molar-refractivity contribution in [3.05, 3.63) is 59.7 Å². The monoisotopic (exact) mass is 469 g/mol. The van der Waals surface area contributed by atoms with E-state index >= 15 is 0 Å². The predicted octanol–water partition coefficient (Wildman–Crippen LogP) is 2.44. The van der Waals surface area contributed by atoms with Crippen molar-refractivity contribution in [1.82, 2.24) is 9.97 Å². The van der Waals surface area contributed by atoms with Gasteiger partial charge < -0.3 is 24.8 Å². The second-order valence-electron chi connectivity index (χ2n) is 7.78. The highest BCUT2D eigenvalue weighted by atomic mass is 16.5. The van der Waals surface area contributed by atoms with Gasteiger partial charge in [-0.2, -0.15) is 0 Å². The number of benzene rings is 1. The Balaban J connectivity index is 0.000000350. The van der Waals surface area contributed by atoms with Crippen molar-refractivity contribution in [3.63, 3.8) is 0 Å². The molecule has 2 aromatic rings. The number of nitrogens with zero attached hydrogens (tertiary/aromatic N) is 3. The molecule has 180 valence electrons. The quantitative estimate of drug-likeness (QED) is 0.542. The number of hydrogen-bond acceptors (Lipinski definition) is 8. The Bertz CT molecular complexity index is 1070. The topological polar surface area (TPSA) is 151 Å². The van der Waals surface area contributed by atoms with Gasteiger partial charge in [-0.15, -0.1) is 0 Å². The Hall–Kier alpha value is -3.79. The Morgan fingerprint density at radius 3 is 2.35 bits per heavy atom. The van der Waals surface area contributed by atoms with Crippen LogP contribution in [0.5, 0.6) is 11.5 Å². The third-order valence-electron chi connectivity index (χ3n) is 5.57. The number of carboxylic acids is 2. The van der Waals surface area contributed by atoms with Crippen molar-refractivity contribution >= 4 is 17.7 Å². The highest BCUT2D eigenvalue weighted by Crippen LogP contribution is 2.44. The van der Waals surface area contributed by atoms with E-state index in [1.807, 2.05) is 13.0 Å². The average molecular weight is 469 g/mol. The number of fused-ring (bicyclic) bond motifs is 3. The molecule has 34 heavy (non-hydrogen) atoms. The van der Waals surface area contributed by atoms with E-state index < -0.39 is 11.9 Å². The van der Waals surface area contributed by atoms with Crippen LogP contribution in [0.15, 0.2) is 48.0 Å². The fourth-order valence-corrected chi connectivity index (χ4v) is 4.17. The fourth-order valence-electron chi connectivity index (χ4n) is 4.17. The first-order chi connectivity index (χ1) is 16.3. The van der Waals surface area contributed by atoms with E-state index in [0.717, 1.165) is 47.4 Å². The average Bonchev–Trinajstić information content (AvgIpc) is 2.83. The standard InChI is InChI=1S/C20H23N3O3.C4H4O4/c1-3-26-19-7-14-15-6-13(24)4-5-17(15)23-20(12-9-21-11-22-10-12)16(14)8-18(19)25-2;5-3(6)1-2-4(7)8/h7-11,13,15,17,24H,3-6H2,1-2H3;1-2H,(H,5,6)(H,7,8)/b;2-1-/t13-,15-,17-;/m1./s1. The summed E-state index contributed by atoms with van der Waals surface area (Å²) < 4.78 is 11.3. The lowest BCUT2D eigenvalue weighted by Gasteiger charge is -2.37. The van der Waals surface area contributed by atoms with Crippen LogP contribution in [-0.2, 0) is 9.59 Å². The Labute approximate surface area is 196 Å². The first kappa shape index (κ1) is 24.8. The number of aliphatic hydroxyl groups excluding tert-OH is 1. The minimum atomic E-state index is -1.26. The van der Waals surface area contributed by atoms with Crippen LogP contribution >= 0.6 is 0 Å². The number of methoxy groups -OCH3 is 1. The smallest absolute Gasteiger partial charge is 0.328 e. The van der Waals surface area contributed by atoms with Crippen LogP contribution in [0.2, 0.25) is 0 Å². The molecule has 0 radical (unpaired) electrons. The third kappa shape index (κ3) is 5.96. The van der Waals surface area contributed by atoms with Crippen LogP contribution in [0.1, 0.15) is 48.8 Å². The van der Waals surface area contributed by atoms with Gasteiger partial charge in [0.1, 0.15) is 6.33 Å². The first-order valence-electron chi connectivity index (χ1n) is 10.8. The van der Waals surface area contributed by atoms with Gasteiger partial charge in [0.2, 0.25) is 0 Å². The highest BCUT2D eigenvalue weighted by Gasteiger charge is 2.37. The number of aromatic nitrogens is 2. The van der Waals surface area contributed by atoms with Gasteiger partial charge in [-0.05, 0) is 43.9 Å². The van der Waals surface area contributed by atoms with Gasteiger partial charge in [-0.1, -0.05) is 0 Å². The molecule has 0 unspecified atom stereocenters. The van der Waals surface area contributed by atoms with E-state index in [2.05, 4.69) is 16.0 Å². The van der Waals surface area contributed by atoms with Gasteiger partial charge in [0.25, 0.3) is 0 Å². The van der Waals surface area contributed by atoms with Crippen molar-refractivity contribution in [3.8, 4) is 11.5 Å². The van der Waals surface area contributed by atoms with E-state index in [-0.39, 0.29) is 18.1 Å². The molecule has 3 N–H and O–H groups in total. The van der Waals surface area contributed by atoms with Crippen LogP contribution in [0.25, 0.3) is 0 Å². The maximum atomic E-state index is 10.2. The summed E-state index contributed by atoms with van der Waals surface area (Å²) in [5.74, 6) is -0.907. The number of hydrogen-bond donors (Lipinski definition) is 3. The molecule has 1 aliphatic heterocycles. The Morgan fingerprint density at radius 1 is 1.09 bits per heavy atom. The molecular formula is C24H27N3O7. The molecule has 0 bridgehead atoms.